The largest absolute Gasteiger partial charge is 0.493 e. The highest BCUT2D eigenvalue weighted by atomic mass is 32.2. The van der Waals surface area contributed by atoms with Crippen molar-refractivity contribution in [1.29, 1.82) is 0 Å². The van der Waals surface area contributed by atoms with Crippen LogP contribution in [0.4, 0.5) is 5.69 Å². The number of hydrogen-bond acceptors (Lipinski definition) is 5. The normalized spacial score (nSPS) is 11.1. The van der Waals surface area contributed by atoms with Gasteiger partial charge in [-0.2, -0.15) is 0 Å². The minimum atomic E-state index is -4.10. The predicted octanol–water partition coefficient (Wildman–Crippen LogP) is 4.17. The van der Waals surface area contributed by atoms with Crippen LogP contribution in [0.15, 0.2) is 71.6 Å². The van der Waals surface area contributed by atoms with Crippen LogP contribution >= 0.6 is 0 Å². The quantitative estimate of drug-likeness (QED) is 0.458. The van der Waals surface area contributed by atoms with E-state index in [1.165, 1.54) is 37.3 Å². The van der Waals surface area contributed by atoms with Gasteiger partial charge < -0.3 is 14.4 Å². The third kappa shape index (κ3) is 5.69. The Hall–Kier alpha value is -3.52. The summed E-state index contributed by atoms with van der Waals surface area (Å²) in [4.78, 5) is 14.7. The molecule has 0 bridgehead atoms. The molecule has 0 aliphatic heterocycles. The Morgan fingerprint density at radius 2 is 1.47 bits per heavy atom. The average molecular weight is 483 g/mol. The number of nitrogens with zero attached hydrogens (tertiary/aromatic N) is 2. The molecule has 1 amide bonds. The number of rotatable bonds is 9. The van der Waals surface area contributed by atoms with Gasteiger partial charge in [0.25, 0.3) is 10.0 Å². The van der Waals surface area contributed by atoms with E-state index in [4.69, 9.17) is 9.47 Å². The van der Waals surface area contributed by atoms with Gasteiger partial charge in [-0.05, 0) is 54.8 Å². The molecular formula is C26H30N2O5S. The van der Waals surface area contributed by atoms with Gasteiger partial charge in [0.2, 0.25) is 5.91 Å². The summed E-state index contributed by atoms with van der Waals surface area (Å²) in [6.07, 6.45) is 0. The van der Waals surface area contributed by atoms with E-state index in [0.717, 1.165) is 21.0 Å². The van der Waals surface area contributed by atoms with E-state index in [1.807, 2.05) is 50.2 Å². The van der Waals surface area contributed by atoms with Crippen LogP contribution in [-0.2, 0) is 21.4 Å². The highest BCUT2D eigenvalue weighted by Gasteiger charge is 2.29. The molecule has 0 spiro atoms. The average Bonchev–Trinajstić information content (AvgIpc) is 2.81. The van der Waals surface area contributed by atoms with Gasteiger partial charge in [0.05, 0.1) is 24.8 Å². The molecule has 3 aromatic rings. The van der Waals surface area contributed by atoms with Crippen LogP contribution in [-0.4, -0.2) is 47.0 Å². The molecule has 180 valence electrons. The topological polar surface area (TPSA) is 76.2 Å². The Bertz CT molecular complexity index is 1240. The number of sulfonamides is 1. The van der Waals surface area contributed by atoms with Gasteiger partial charge in [-0.25, -0.2) is 8.42 Å². The molecule has 3 rings (SSSR count). The molecule has 0 fully saturated rings. The van der Waals surface area contributed by atoms with Crippen LogP contribution in [0, 0.1) is 13.8 Å². The van der Waals surface area contributed by atoms with Crippen molar-refractivity contribution in [3.63, 3.8) is 0 Å². The second-order valence-electron chi connectivity index (χ2n) is 8.11. The number of hydrogen-bond donors (Lipinski definition) is 0. The summed E-state index contributed by atoms with van der Waals surface area (Å²) in [6.45, 7) is 3.81. The lowest BCUT2D eigenvalue weighted by Gasteiger charge is -2.27. The maximum Gasteiger partial charge on any atom is 0.264 e. The Morgan fingerprint density at radius 3 is 2.06 bits per heavy atom. The molecule has 0 aromatic heterocycles. The van der Waals surface area contributed by atoms with E-state index in [2.05, 4.69) is 0 Å². The fourth-order valence-electron chi connectivity index (χ4n) is 3.70. The van der Waals surface area contributed by atoms with Gasteiger partial charge in [0.15, 0.2) is 11.5 Å². The smallest absolute Gasteiger partial charge is 0.264 e. The molecule has 34 heavy (non-hydrogen) atoms. The fourth-order valence-corrected chi connectivity index (χ4v) is 5.12. The lowest BCUT2D eigenvalue weighted by atomic mass is 10.1. The summed E-state index contributed by atoms with van der Waals surface area (Å²) in [7, 11) is 0.492. The minimum absolute atomic E-state index is 0.00261. The van der Waals surface area contributed by atoms with E-state index in [0.29, 0.717) is 18.0 Å². The summed E-state index contributed by atoms with van der Waals surface area (Å²) in [5, 5.41) is 0. The SMILES string of the molecule is COc1ccc(S(=O)(=O)N(CC(=O)N(C)Cc2ccccc2)c2cc(C)cc(C)c2)cc1OC. The van der Waals surface area contributed by atoms with Crippen LogP contribution in [0.1, 0.15) is 16.7 Å². The number of carbonyl (C=O) groups is 1. The van der Waals surface area contributed by atoms with Crippen LogP contribution < -0.4 is 13.8 Å². The second-order valence-corrected chi connectivity index (χ2v) is 9.97. The molecule has 7 nitrogen and oxygen atoms in total. The van der Waals surface area contributed by atoms with Crippen molar-refractivity contribution in [3.8, 4) is 11.5 Å². The molecule has 3 aromatic carbocycles. The molecule has 0 radical (unpaired) electrons. The zero-order valence-corrected chi connectivity index (χ0v) is 20.9. The molecule has 0 N–H and O–H groups in total. The van der Waals surface area contributed by atoms with Crippen molar-refractivity contribution in [2.24, 2.45) is 0 Å². The molecule has 0 aliphatic carbocycles. The highest BCUT2D eigenvalue weighted by Crippen LogP contribution is 2.32. The number of likely N-dealkylation sites (N-methyl/N-ethyl adjacent to an activating group) is 1. The molecule has 0 unspecified atom stereocenters. The zero-order valence-electron chi connectivity index (χ0n) is 20.1. The van der Waals surface area contributed by atoms with Crippen molar-refractivity contribution in [2.45, 2.75) is 25.3 Å². The molecule has 0 saturated heterocycles. The lowest BCUT2D eigenvalue weighted by Crippen LogP contribution is -2.41. The van der Waals surface area contributed by atoms with E-state index >= 15 is 0 Å². The molecule has 8 heteroatoms. The predicted molar refractivity (Wildman–Crippen MR) is 133 cm³/mol. The summed E-state index contributed by atoms with van der Waals surface area (Å²) in [5.41, 5.74) is 3.17. The van der Waals surface area contributed by atoms with Crippen molar-refractivity contribution in [2.75, 3.05) is 32.1 Å². The third-order valence-electron chi connectivity index (χ3n) is 5.40. The van der Waals surface area contributed by atoms with Gasteiger partial charge >= 0.3 is 0 Å². The molecular weight excluding hydrogens is 452 g/mol. The summed E-state index contributed by atoms with van der Waals surface area (Å²) in [5.74, 6) is 0.376. The van der Waals surface area contributed by atoms with E-state index < -0.39 is 10.0 Å². The Morgan fingerprint density at radius 1 is 0.853 bits per heavy atom. The standard InChI is InChI=1S/C26H30N2O5S/c1-19-13-20(2)15-22(14-19)28(18-26(29)27(3)17-21-9-7-6-8-10-21)34(30,31)23-11-12-24(32-4)25(16-23)33-5/h6-16H,17-18H2,1-5H3. The van der Waals surface area contributed by atoms with E-state index in [9.17, 15) is 13.2 Å². The van der Waals surface area contributed by atoms with Crippen LogP contribution in [0.3, 0.4) is 0 Å². The fraction of sp³-hybridized carbons (Fsp3) is 0.269. The van der Waals surface area contributed by atoms with Crippen LogP contribution in [0.2, 0.25) is 0 Å². The Kier molecular flexibility index (Phi) is 7.83. The van der Waals surface area contributed by atoms with Crippen LogP contribution in [0.25, 0.3) is 0 Å². The number of benzene rings is 3. The number of methoxy groups -OCH3 is 2. The number of carbonyl (C=O) groups excluding carboxylic acids is 1. The highest BCUT2D eigenvalue weighted by molar-refractivity contribution is 7.92. The summed E-state index contributed by atoms with van der Waals surface area (Å²) in [6, 6.07) is 19.4. The van der Waals surface area contributed by atoms with Gasteiger partial charge in [-0.1, -0.05) is 36.4 Å². The summed E-state index contributed by atoms with van der Waals surface area (Å²) >= 11 is 0. The zero-order chi connectivity index (χ0) is 24.9. The van der Waals surface area contributed by atoms with Gasteiger partial charge in [0, 0.05) is 19.7 Å². The molecule has 0 aliphatic rings. The third-order valence-corrected chi connectivity index (χ3v) is 7.17. The van der Waals surface area contributed by atoms with Crippen molar-refractivity contribution in [3.05, 3.63) is 83.4 Å². The Balaban J connectivity index is 2.01. The van der Waals surface area contributed by atoms with E-state index in [1.54, 1.807) is 19.2 Å². The summed E-state index contributed by atoms with van der Waals surface area (Å²) < 4.78 is 39.3. The first-order valence-corrected chi connectivity index (χ1v) is 12.2. The number of aryl methyl sites for hydroxylation is 2. The number of amides is 1. The first-order chi connectivity index (χ1) is 16.1. The minimum Gasteiger partial charge on any atom is -0.493 e. The Labute approximate surface area is 201 Å². The van der Waals surface area contributed by atoms with E-state index in [-0.39, 0.29) is 23.1 Å². The first kappa shape index (κ1) is 25.1. The molecule has 0 atom stereocenters. The van der Waals surface area contributed by atoms with Crippen molar-refractivity contribution >= 4 is 21.6 Å². The monoisotopic (exact) mass is 482 g/mol. The van der Waals surface area contributed by atoms with Crippen LogP contribution in [0.5, 0.6) is 11.5 Å². The van der Waals surface area contributed by atoms with Crippen molar-refractivity contribution < 1.29 is 22.7 Å². The molecule has 0 saturated carbocycles. The van der Waals surface area contributed by atoms with Gasteiger partial charge in [0.1, 0.15) is 6.54 Å². The van der Waals surface area contributed by atoms with Gasteiger partial charge in [-0.3, -0.25) is 9.10 Å². The second kappa shape index (κ2) is 10.6. The number of anilines is 1. The maximum absolute atomic E-state index is 13.8. The van der Waals surface area contributed by atoms with Crippen molar-refractivity contribution in [1.82, 2.24) is 4.90 Å². The lowest BCUT2D eigenvalue weighted by molar-refractivity contribution is -0.128. The number of ether oxygens (including phenoxy) is 2. The maximum atomic E-state index is 13.8. The van der Waals surface area contributed by atoms with Gasteiger partial charge in [-0.15, -0.1) is 0 Å². The molecule has 0 heterocycles. The first-order valence-electron chi connectivity index (χ1n) is 10.8.